The van der Waals surface area contributed by atoms with Crippen molar-refractivity contribution in [2.75, 3.05) is 13.1 Å². The molecule has 1 aromatic heterocycles. The van der Waals surface area contributed by atoms with Crippen LogP contribution in [0.2, 0.25) is 0 Å². The second-order valence-electron chi connectivity index (χ2n) is 3.88. The number of hydrogen-bond donors (Lipinski definition) is 0. The van der Waals surface area contributed by atoms with E-state index in [1.807, 2.05) is 12.1 Å². The molecule has 2 rings (SSSR count). The summed E-state index contributed by atoms with van der Waals surface area (Å²) in [5.74, 6) is -1.06. The molecule has 84 valence electrons. The van der Waals surface area contributed by atoms with E-state index in [9.17, 15) is 9.90 Å². The Balaban J connectivity index is 0.00000144. The molecule has 1 aromatic rings. The molecule has 0 saturated heterocycles. The third-order valence-electron chi connectivity index (χ3n) is 2.62. The summed E-state index contributed by atoms with van der Waals surface area (Å²) in [5.41, 5.74) is 1.48. The average molecular weight is 240 g/mol. The van der Waals surface area contributed by atoms with Crippen LogP contribution in [0, 0.1) is 0 Å². The van der Waals surface area contributed by atoms with Gasteiger partial charge in [0.25, 0.3) is 0 Å². The molecule has 0 saturated carbocycles. The van der Waals surface area contributed by atoms with Crippen molar-refractivity contribution in [3.05, 3.63) is 41.7 Å². The van der Waals surface area contributed by atoms with Crippen LogP contribution in [0.3, 0.4) is 0 Å². The number of aromatic nitrogens is 1. The monoisotopic (exact) mass is 240 g/mol. The van der Waals surface area contributed by atoms with E-state index >= 15 is 0 Å². The molecule has 0 unspecified atom stereocenters. The van der Waals surface area contributed by atoms with Crippen molar-refractivity contribution in [3.63, 3.8) is 0 Å². The maximum absolute atomic E-state index is 10.7. The molecule has 0 aliphatic carbocycles. The van der Waals surface area contributed by atoms with Crippen LogP contribution in [-0.2, 0) is 11.3 Å². The molecule has 17 heavy (non-hydrogen) atoms. The third-order valence-corrected chi connectivity index (χ3v) is 2.62. The van der Waals surface area contributed by atoms with Crippen LogP contribution in [0.1, 0.15) is 12.0 Å². The van der Waals surface area contributed by atoms with Crippen molar-refractivity contribution in [3.8, 4) is 0 Å². The predicted octanol–water partition coefficient (Wildman–Crippen LogP) is -3.03. The summed E-state index contributed by atoms with van der Waals surface area (Å²) in [6.45, 7) is 2.07. The molecule has 1 aliphatic rings. The average Bonchev–Trinajstić information content (AvgIpc) is 2.30. The number of carbonyl (C=O) groups excluding carboxylic acids is 1. The van der Waals surface area contributed by atoms with Gasteiger partial charge in [-0.1, -0.05) is 12.1 Å². The standard InChI is InChI=1S/C12H14N2O2.Na/c15-12(16)11-4-2-6-14(9-11)8-10-3-1-5-13-7-10;/h1,3-5,7H,2,6,8-9H2,(H,15,16);/q;+1/p-1. The normalized spacial score (nSPS) is 15.9. The van der Waals surface area contributed by atoms with Crippen LogP contribution in [0.15, 0.2) is 36.2 Å². The van der Waals surface area contributed by atoms with Gasteiger partial charge in [0.2, 0.25) is 0 Å². The number of hydrogen-bond acceptors (Lipinski definition) is 4. The van der Waals surface area contributed by atoms with Crippen molar-refractivity contribution in [2.45, 2.75) is 13.0 Å². The van der Waals surface area contributed by atoms with Crippen molar-refractivity contribution >= 4 is 5.97 Å². The van der Waals surface area contributed by atoms with Gasteiger partial charge >= 0.3 is 29.6 Å². The number of aliphatic carboxylic acids is 1. The molecule has 0 bridgehead atoms. The van der Waals surface area contributed by atoms with Gasteiger partial charge in [0.15, 0.2) is 0 Å². The zero-order chi connectivity index (χ0) is 11.4. The molecular weight excluding hydrogens is 227 g/mol. The number of pyridine rings is 1. The molecule has 2 heterocycles. The van der Waals surface area contributed by atoms with Crippen molar-refractivity contribution in [2.24, 2.45) is 0 Å². The first-order valence-corrected chi connectivity index (χ1v) is 5.27. The maximum atomic E-state index is 10.7. The first-order valence-electron chi connectivity index (χ1n) is 5.27. The van der Waals surface area contributed by atoms with Crippen LogP contribution in [0.4, 0.5) is 0 Å². The number of carboxylic acid groups (broad SMARTS) is 1. The smallest absolute Gasteiger partial charge is 0.545 e. The molecule has 0 N–H and O–H groups in total. The van der Waals surface area contributed by atoms with Gasteiger partial charge in [-0.2, -0.15) is 0 Å². The van der Waals surface area contributed by atoms with Gasteiger partial charge in [-0.3, -0.25) is 9.88 Å². The largest absolute Gasteiger partial charge is 1.00 e. The first kappa shape index (κ1) is 14.4. The topological polar surface area (TPSA) is 56.3 Å². The molecule has 0 radical (unpaired) electrons. The first-order chi connectivity index (χ1) is 7.75. The van der Waals surface area contributed by atoms with Gasteiger partial charge < -0.3 is 9.90 Å². The summed E-state index contributed by atoms with van der Waals surface area (Å²) >= 11 is 0. The number of carboxylic acids is 1. The van der Waals surface area contributed by atoms with Crippen LogP contribution in [0.5, 0.6) is 0 Å². The second kappa shape index (κ2) is 6.91. The SMILES string of the molecule is O=C([O-])C1=CCCN(Cc2cccnc2)C1.[Na+]. The molecular formula is C12H13N2NaO2. The fraction of sp³-hybridized carbons (Fsp3) is 0.333. The van der Waals surface area contributed by atoms with E-state index in [4.69, 9.17) is 0 Å². The predicted molar refractivity (Wildman–Crippen MR) is 57.2 cm³/mol. The van der Waals surface area contributed by atoms with Crippen LogP contribution in [-0.4, -0.2) is 28.9 Å². The molecule has 5 heteroatoms. The minimum Gasteiger partial charge on any atom is -0.545 e. The zero-order valence-electron chi connectivity index (χ0n) is 9.93. The van der Waals surface area contributed by atoms with Crippen LogP contribution < -0.4 is 34.7 Å². The van der Waals surface area contributed by atoms with Gasteiger partial charge in [0, 0.05) is 32.0 Å². The Hall–Kier alpha value is -0.680. The summed E-state index contributed by atoms with van der Waals surface area (Å²) in [7, 11) is 0. The number of nitrogens with zero attached hydrogens (tertiary/aromatic N) is 2. The van der Waals surface area contributed by atoms with E-state index in [1.165, 1.54) is 0 Å². The Morgan fingerprint density at radius 2 is 2.35 bits per heavy atom. The minimum absolute atomic E-state index is 0. The van der Waals surface area contributed by atoms with E-state index in [0.717, 1.165) is 25.1 Å². The summed E-state index contributed by atoms with van der Waals surface area (Å²) in [6, 6.07) is 3.87. The fourth-order valence-electron chi connectivity index (χ4n) is 1.84. The third kappa shape index (κ3) is 4.24. The van der Waals surface area contributed by atoms with Gasteiger partial charge in [0.1, 0.15) is 0 Å². The summed E-state index contributed by atoms with van der Waals surface area (Å²) in [5, 5.41) is 10.7. The molecule has 0 spiro atoms. The number of rotatable bonds is 3. The molecule has 0 fully saturated rings. The van der Waals surface area contributed by atoms with E-state index < -0.39 is 5.97 Å². The Morgan fingerprint density at radius 3 is 3.00 bits per heavy atom. The summed E-state index contributed by atoms with van der Waals surface area (Å²) in [4.78, 5) is 16.9. The fourth-order valence-corrected chi connectivity index (χ4v) is 1.84. The Morgan fingerprint density at radius 1 is 1.53 bits per heavy atom. The Bertz CT molecular complexity index is 406. The van der Waals surface area contributed by atoms with Crippen LogP contribution >= 0.6 is 0 Å². The van der Waals surface area contributed by atoms with Gasteiger partial charge in [0.05, 0.1) is 5.97 Å². The second-order valence-corrected chi connectivity index (χ2v) is 3.88. The maximum Gasteiger partial charge on any atom is 1.00 e. The zero-order valence-corrected chi connectivity index (χ0v) is 11.9. The molecule has 4 nitrogen and oxygen atoms in total. The van der Waals surface area contributed by atoms with E-state index in [1.54, 1.807) is 18.5 Å². The molecule has 0 atom stereocenters. The Kier molecular flexibility index (Phi) is 5.85. The van der Waals surface area contributed by atoms with E-state index in [-0.39, 0.29) is 29.6 Å². The number of carbonyl (C=O) groups is 1. The minimum atomic E-state index is -1.06. The van der Waals surface area contributed by atoms with Gasteiger partial charge in [-0.05, 0) is 23.6 Å². The van der Waals surface area contributed by atoms with Crippen molar-refractivity contribution in [1.29, 1.82) is 0 Å². The van der Waals surface area contributed by atoms with Crippen LogP contribution in [0.25, 0.3) is 0 Å². The van der Waals surface area contributed by atoms with Gasteiger partial charge in [-0.25, -0.2) is 0 Å². The summed E-state index contributed by atoms with van der Waals surface area (Å²) < 4.78 is 0. The molecule has 0 aromatic carbocycles. The van der Waals surface area contributed by atoms with Crippen molar-refractivity contribution in [1.82, 2.24) is 9.88 Å². The van der Waals surface area contributed by atoms with E-state index in [2.05, 4.69) is 9.88 Å². The Labute approximate surface area is 123 Å². The van der Waals surface area contributed by atoms with Crippen molar-refractivity contribution < 1.29 is 39.5 Å². The molecule has 0 amide bonds. The quantitative estimate of drug-likeness (QED) is 0.527. The molecule has 1 aliphatic heterocycles. The van der Waals surface area contributed by atoms with E-state index in [0.29, 0.717) is 12.1 Å². The van der Waals surface area contributed by atoms with Gasteiger partial charge in [-0.15, -0.1) is 0 Å². The summed E-state index contributed by atoms with van der Waals surface area (Å²) in [6.07, 6.45) is 6.04.